The number of hydrogen-bond acceptors (Lipinski definition) is 4. The summed E-state index contributed by atoms with van der Waals surface area (Å²) in [4.78, 5) is 4.26. The van der Waals surface area contributed by atoms with Gasteiger partial charge in [-0.15, -0.1) is 0 Å². The number of nitrogens with one attached hydrogen (secondary N) is 1. The Labute approximate surface area is 113 Å². The summed E-state index contributed by atoms with van der Waals surface area (Å²) in [5, 5.41) is 12.4. The minimum Gasteiger partial charge on any atom is -0.368 e. The SMILES string of the molecule is CSC1(CNc2ncccc2C#N)CCCCC1. The molecule has 0 atom stereocenters. The Hall–Kier alpha value is -1.21. The summed E-state index contributed by atoms with van der Waals surface area (Å²) >= 11 is 1.95. The average Bonchev–Trinajstić information content (AvgIpc) is 2.46. The lowest BCUT2D eigenvalue weighted by Gasteiger charge is -2.36. The molecule has 4 heteroatoms. The Balaban J connectivity index is 2.03. The van der Waals surface area contributed by atoms with E-state index in [1.54, 1.807) is 12.3 Å². The summed E-state index contributed by atoms with van der Waals surface area (Å²) in [5.74, 6) is 0.721. The molecule has 1 aliphatic rings. The van der Waals surface area contributed by atoms with E-state index in [1.165, 1.54) is 32.1 Å². The summed E-state index contributed by atoms with van der Waals surface area (Å²) in [6, 6.07) is 5.79. The van der Waals surface area contributed by atoms with Crippen LogP contribution in [-0.2, 0) is 0 Å². The molecule has 1 saturated carbocycles. The van der Waals surface area contributed by atoms with Crippen molar-refractivity contribution in [3.8, 4) is 6.07 Å². The number of anilines is 1. The summed E-state index contributed by atoms with van der Waals surface area (Å²) < 4.78 is 0.322. The molecule has 1 aromatic heterocycles. The first kappa shape index (κ1) is 13.2. The van der Waals surface area contributed by atoms with E-state index in [0.29, 0.717) is 10.3 Å². The minimum atomic E-state index is 0.322. The summed E-state index contributed by atoms with van der Waals surface area (Å²) in [5.41, 5.74) is 0.629. The highest BCUT2D eigenvalue weighted by atomic mass is 32.2. The topological polar surface area (TPSA) is 48.7 Å². The van der Waals surface area contributed by atoms with Crippen LogP contribution in [0.25, 0.3) is 0 Å². The number of nitrogens with zero attached hydrogens (tertiary/aromatic N) is 2. The standard InChI is InChI=1S/C14H19N3S/c1-18-14(7-3-2-4-8-14)11-17-13-12(10-15)6-5-9-16-13/h5-6,9H,2-4,7-8,11H2,1H3,(H,16,17). The van der Waals surface area contributed by atoms with Crippen LogP contribution in [0.2, 0.25) is 0 Å². The molecule has 18 heavy (non-hydrogen) atoms. The zero-order valence-electron chi connectivity index (χ0n) is 10.8. The largest absolute Gasteiger partial charge is 0.368 e. The first-order valence-electron chi connectivity index (χ1n) is 6.44. The van der Waals surface area contributed by atoms with Crippen molar-refractivity contribution in [2.75, 3.05) is 18.1 Å². The van der Waals surface area contributed by atoms with E-state index in [4.69, 9.17) is 5.26 Å². The lowest BCUT2D eigenvalue weighted by atomic mass is 9.88. The Bertz CT molecular complexity index is 433. The van der Waals surface area contributed by atoms with Gasteiger partial charge < -0.3 is 5.32 Å². The van der Waals surface area contributed by atoms with Gasteiger partial charge in [0.2, 0.25) is 0 Å². The third kappa shape index (κ3) is 2.97. The van der Waals surface area contributed by atoms with Crippen LogP contribution >= 0.6 is 11.8 Å². The fourth-order valence-corrected chi connectivity index (χ4v) is 3.44. The van der Waals surface area contributed by atoms with Crippen LogP contribution in [0.4, 0.5) is 5.82 Å². The van der Waals surface area contributed by atoms with Crippen molar-refractivity contribution in [1.82, 2.24) is 4.98 Å². The number of nitriles is 1. The van der Waals surface area contributed by atoms with Gasteiger partial charge in [-0.1, -0.05) is 19.3 Å². The van der Waals surface area contributed by atoms with Gasteiger partial charge in [-0.3, -0.25) is 0 Å². The second kappa shape index (κ2) is 6.10. The van der Waals surface area contributed by atoms with Gasteiger partial charge in [0.1, 0.15) is 11.9 Å². The Kier molecular flexibility index (Phi) is 4.48. The summed E-state index contributed by atoms with van der Waals surface area (Å²) in [7, 11) is 0. The van der Waals surface area contributed by atoms with Crippen LogP contribution in [-0.4, -0.2) is 22.5 Å². The van der Waals surface area contributed by atoms with E-state index in [1.807, 2.05) is 17.8 Å². The molecule has 0 saturated heterocycles. The molecule has 0 unspecified atom stereocenters. The van der Waals surface area contributed by atoms with Crippen molar-refractivity contribution < 1.29 is 0 Å². The average molecular weight is 261 g/mol. The molecule has 0 amide bonds. The Morgan fingerprint density at radius 3 is 2.89 bits per heavy atom. The van der Waals surface area contributed by atoms with Gasteiger partial charge in [-0.2, -0.15) is 17.0 Å². The van der Waals surface area contributed by atoms with Gasteiger partial charge in [-0.05, 0) is 31.2 Å². The van der Waals surface area contributed by atoms with Crippen molar-refractivity contribution in [3.63, 3.8) is 0 Å². The Morgan fingerprint density at radius 2 is 2.22 bits per heavy atom. The highest BCUT2D eigenvalue weighted by molar-refractivity contribution is 8.00. The molecule has 0 radical (unpaired) electrons. The van der Waals surface area contributed by atoms with Gasteiger partial charge in [0.25, 0.3) is 0 Å². The maximum atomic E-state index is 9.04. The molecular formula is C14H19N3S. The second-order valence-corrected chi connectivity index (χ2v) is 6.09. The third-order valence-electron chi connectivity index (χ3n) is 3.70. The minimum absolute atomic E-state index is 0.322. The molecule has 0 bridgehead atoms. The summed E-state index contributed by atoms with van der Waals surface area (Å²) in [6.45, 7) is 0.903. The van der Waals surface area contributed by atoms with E-state index in [9.17, 15) is 0 Å². The Morgan fingerprint density at radius 1 is 1.44 bits per heavy atom. The fraction of sp³-hybridized carbons (Fsp3) is 0.571. The van der Waals surface area contributed by atoms with Gasteiger partial charge in [0, 0.05) is 17.5 Å². The zero-order chi connectivity index (χ0) is 12.8. The van der Waals surface area contributed by atoms with Crippen LogP contribution < -0.4 is 5.32 Å². The zero-order valence-corrected chi connectivity index (χ0v) is 11.6. The predicted molar refractivity (Wildman–Crippen MR) is 76.8 cm³/mol. The van der Waals surface area contributed by atoms with Crippen LogP contribution in [0, 0.1) is 11.3 Å². The van der Waals surface area contributed by atoms with Gasteiger partial charge in [0.05, 0.1) is 5.56 Å². The molecule has 0 aromatic carbocycles. The molecule has 1 heterocycles. The molecule has 2 rings (SSSR count). The van der Waals surface area contributed by atoms with Crippen molar-refractivity contribution >= 4 is 17.6 Å². The van der Waals surface area contributed by atoms with E-state index >= 15 is 0 Å². The smallest absolute Gasteiger partial charge is 0.143 e. The number of thioether (sulfide) groups is 1. The highest BCUT2D eigenvalue weighted by Crippen LogP contribution is 2.38. The predicted octanol–water partition coefficient (Wildman–Crippen LogP) is 3.43. The van der Waals surface area contributed by atoms with E-state index in [2.05, 4.69) is 22.6 Å². The first-order valence-corrected chi connectivity index (χ1v) is 7.66. The van der Waals surface area contributed by atoms with Crippen molar-refractivity contribution in [2.24, 2.45) is 0 Å². The van der Waals surface area contributed by atoms with Gasteiger partial charge >= 0.3 is 0 Å². The molecule has 1 N–H and O–H groups in total. The monoisotopic (exact) mass is 261 g/mol. The van der Waals surface area contributed by atoms with Gasteiger partial charge in [0.15, 0.2) is 0 Å². The van der Waals surface area contributed by atoms with Crippen LogP contribution in [0.15, 0.2) is 18.3 Å². The molecule has 1 aromatic rings. The second-order valence-electron chi connectivity index (χ2n) is 4.81. The number of hydrogen-bond donors (Lipinski definition) is 1. The van der Waals surface area contributed by atoms with Crippen LogP contribution in [0.1, 0.15) is 37.7 Å². The number of pyridine rings is 1. The summed E-state index contributed by atoms with van der Waals surface area (Å²) in [6.07, 6.45) is 10.4. The molecule has 1 aliphatic carbocycles. The van der Waals surface area contributed by atoms with E-state index in [-0.39, 0.29) is 0 Å². The van der Waals surface area contributed by atoms with E-state index < -0.39 is 0 Å². The third-order valence-corrected chi connectivity index (χ3v) is 5.12. The van der Waals surface area contributed by atoms with E-state index in [0.717, 1.165) is 12.4 Å². The molecule has 1 fully saturated rings. The van der Waals surface area contributed by atoms with Crippen molar-refractivity contribution in [2.45, 2.75) is 36.9 Å². The van der Waals surface area contributed by atoms with Gasteiger partial charge in [-0.25, -0.2) is 4.98 Å². The lowest BCUT2D eigenvalue weighted by molar-refractivity contribution is 0.411. The first-order chi connectivity index (χ1) is 8.79. The molecule has 3 nitrogen and oxygen atoms in total. The quantitative estimate of drug-likeness (QED) is 0.902. The lowest BCUT2D eigenvalue weighted by Crippen LogP contribution is -2.35. The highest BCUT2D eigenvalue weighted by Gasteiger charge is 2.31. The number of rotatable bonds is 4. The molecule has 96 valence electrons. The van der Waals surface area contributed by atoms with Crippen molar-refractivity contribution in [1.29, 1.82) is 5.26 Å². The van der Waals surface area contributed by atoms with Crippen LogP contribution in [0.3, 0.4) is 0 Å². The molecule has 0 spiro atoms. The maximum Gasteiger partial charge on any atom is 0.143 e. The van der Waals surface area contributed by atoms with Crippen LogP contribution in [0.5, 0.6) is 0 Å². The molecule has 0 aliphatic heterocycles. The van der Waals surface area contributed by atoms with Crippen molar-refractivity contribution in [3.05, 3.63) is 23.9 Å². The maximum absolute atomic E-state index is 9.04. The molecular weight excluding hydrogens is 242 g/mol. The number of aromatic nitrogens is 1. The fourth-order valence-electron chi connectivity index (χ4n) is 2.53. The normalized spacial score (nSPS) is 18.0.